The van der Waals surface area contributed by atoms with Crippen molar-refractivity contribution in [1.29, 1.82) is 0 Å². The molecule has 0 amide bonds. The number of rotatable bonds is 15. The van der Waals surface area contributed by atoms with E-state index in [1.165, 1.54) is 43.2 Å². The topological polar surface area (TPSA) is 26.3 Å². The number of halogens is 1. The van der Waals surface area contributed by atoms with E-state index in [4.69, 9.17) is 4.74 Å². The Morgan fingerprint density at radius 2 is 1.32 bits per heavy atom. The van der Waals surface area contributed by atoms with E-state index in [0.29, 0.717) is 5.56 Å². The number of aryl methyl sites for hydroxylation is 2. The lowest BCUT2D eigenvalue weighted by molar-refractivity contribution is 0.104. The van der Waals surface area contributed by atoms with Gasteiger partial charge in [0.1, 0.15) is 5.75 Å². The van der Waals surface area contributed by atoms with E-state index in [9.17, 15) is 4.79 Å². The van der Waals surface area contributed by atoms with Crippen LogP contribution in [0.25, 0.3) is 6.08 Å². The molecule has 0 fully saturated rings. The van der Waals surface area contributed by atoms with Crippen LogP contribution in [0.1, 0.15) is 65.6 Å². The normalized spacial score (nSPS) is 11.1. The highest BCUT2D eigenvalue weighted by molar-refractivity contribution is 9.09. The van der Waals surface area contributed by atoms with E-state index in [2.05, 4.69) is 64.5 Å². The standard InChI is InChI=1S/C31H35BrO2/c32-24-8-3-1-2-4-9-25-34-30-21-19-29(20-22-30)31(33)23-18-28-16-14-27(15-17-28)13-12-26-10-6-5-7-11-26/h5-7,10-11,14-23H,1-4,8-9,12-13,24-25H2. The zero-order chi connectivity index (χ0) is 23.8. The summed E-state index contributed by atoms with van der Waals surface area (Å²) in [7, 11) is 0. The number of hydrogen-bond acceptors (Lipinski definition) is 2. The molecule has 3 aromatic carbocycles. The molecule has 0 saturated carbocycles. The molecule has 0 bridgehead atoms. The van der Waals surface area contributed by atoms with Crippen LogP contribution in [-0.2, 0) is 12.8 Å². The molecule has 0 spiro atoms. The molecule has 178 valence electrons. The van der Waals surface area contributed by atoms with E-state index in [1.807, 2.05) is 36.4 Å². The van der Waals surface area contributed by atoms with Gasteiger partial charge in [0.25, 0.3) is 0 Å². The van der Waals surface area contributed by atoms with Crippen LogP contribution in [0, 0.1) is 0 Å². The van der Waals surface area contributed by atoms with Gasteiger partial charge in [-0.1, -0.05) is 102 Å². The number of alkyl halides is 1. The van der Waals surface area contributed by atoms with Gasteiger partial charge in [-0.2, -0.15) is 0 Å². The Balaban J connectivity index is 1.38. The maximum absolute atomic E-state index is 12.5. The van der Waals surface area contributed by atoms with Gasteiger partial charge in [0.15, 0.2) is 5.78 Å². The Bertz CT molecular complexity index is 992. The Morgan fingerprint density at radius 1 is 0.706 bits per heavy atom. The monoisotopic (exact) mass is 518 g/mol. The van der Waals surface area contributed by atoms with Crippen molar-refractivity contribution in [2.75, 3.05) is 11.9 Å². The first-order chi connectivity index (χ1) is 16.7. The molecule has 0 N–H and O–H groups in total. The number of benzene rings is 3. The Morgan fingerprint density at radius 3 is 2.00 bits per heavy atom. The summed E-state index contributed by atoms with van der Waals surface area (Å²) in [6, 6.07) is 26.4. The van der Waals surface area contributed by atoms with Crippen molar-refractivity contribution in [2.24, 2.45) is 0 Å². The zero-order valence-corrected chi connectivity index (χ0v) is 21.5. The van der Waals surface area contributed by atoms with Crippen molar-refractivity contribution in [3.63, 3.8) is 0 Å². The fourth-order valence-corrected chi connectivity index (χ4v) is 4.20. The molecule has 0 aliphatic carbocycles. The fourth-order valence-electron chi connectivity index (χ4n) is 3.81. The zero-order valence-electron chi connectivity index (χ0n) is 19.9. The average molecular weight is 520 g/mol. The molecule has 2 nitrogen and oxygen atoms in total. The minimum absolute atomic E-state index is 0.00295. The summed E-state index contributed by atoms with van der Waals surface area (Å²) in [5.41, 5.74) is 4.36. The molecule has 0 unspecified atom stereocenters. The molecule has 0 aliphatic heterocycles. The van der Waals surface area contributed by atoms with Gasteiger partial charge in [0.2, 0.25) is 0 Å². The van der Waals surface area contributed by atoms with Crippen molar-refractivity contribution < 1.29 is 9.53 Å². The highest BCUT2D eigenvalue weighted by Crippen LogP contribution is 2.15. The summed E-state index contributed by atoms with van der Waals surface area (Å²) in [5.74, 6) is 0.828. The molecule has 0 saturated heterocycles. The third-order valence-corrected chi connectivity index (χ3v) is 6.45. The minimum atomic E-state index is 0.00295. The third kappa shape index (κ3) is 9.69. The van der Waals surface area contributed by atoms with Gasteiger partial charge in [-0.05, 0) is 72.7 Å². The predicted octanol–water partition coefficient (Wildman–Crippen LogP) is 8.48. The van der Waals surface area contributed by atoms with Crippen LogP contribution < -0.4 is 4.74 Å². The minimum Gasteiger partial charge on any atom is -0.494 e. The van der Waals surface area contributed by atoms with Crippen molar-refractivity contribution in [1.82, 2.24) is 0 Å². The van der Waals surface area contributed by atoms with Gasteiger partial charge in [-0.15, -0.1) is 0 Å². The number of carbonyl (C=O) groups is 1. The molecule has 0 atom stereocenters. The van der Waals surface area contributed by atoms with Gasteiger partial charge in [-0.25, -0.2) is 0 Å². The summed E-state index contributed by atoms with van der Waals surface area (Å²) in [5, 5.41) is 1.10. The van der Waals surface area contributed by atoms with Gasteiger partial charge in [0, 0.05) is 10.9 Å². The summed E-state index contributed by atoms with van der Waals surface area (Å²) < 4.78 is 5.82. The Hall–Kier alpha value is -2.65. The van der Waals surface area contributed by atoms with E-state index < -0.39 is 0 Å². The predicted molar refractivity (Wildman–Crippen MR) is 147 cm³/mol. The SMILES string of the molecule is O=C(C=Cc1ccc(CCc2ccccc2)cc1)c1ccc(OCCCCCCCCBr)cc1. The number of hydrogen-bond donors (Lipinski definition) is 0. The van der Waals surface area contributed by atoms with Gasteiger partial charge < -0.3 is 4.74 Å². The Labute approximate surface area is 213 Å². The van der Waals surface area contributed by atoms with Crippen LogP contribution >= 0.6 is 15.9 Å². The van der Waals surface area contributed by atoms with Crippen LogP contribution in [0.5, 0.6) is 5.75 Å². The summed E-state index contributed by atoms with van der Waals surface area (Å²) in [6.07, 6.45) is 13.0. The lowest BCUT2D eigenvalue weighted by Gasteiger charge is -2.06. The molecule has 34 heavy (non-hydrogen) atoms. The first-order valence-electron chi connectivity index (χ1n) is 12.4. The van der Waals surface area contributed by atoms with Crippen LogP contribution in [-0.4, -0.2) is 17.7 Å². The molecule has 3 rings (SSSR count). The highest BCUT2D eigenvalue weighted by atomic mass is 79.9. The van der Waals surface area contributed by atoms with Crippen molar-refractivity contribution in [3.05, 3.63) is 107 Å². The molecule has 0 radical (unpaired) electrons. The average Bonchev–Trinajstić information content (AvgIpc) is 2.89. The summed E-state index contributed by atoms with van der Waals surface area (Å²) in [4.78, 5) is 12.5. The van der Waals surface area contributed by atoms with Gasteiger partial charge in [-0.3, -0.25) is 4.79 Å². The van der Waals surface area contributed by atoms with Crippen molar-refractivity contribution in [3.8, 4) is 5.75 Å². The molecule has 0 aromatic heterocycles. The second-order valence-electron chi connectivity index (χ2n) is 8.61. The third-order valence-electron chi connectivity index (χ3n) is 5.89. The maximum Gasteiger partial charge on any atom is 0.185 e. The first kappa shape index (κ1) is 26.0. The second kappa shape index (κ2) is 15.3. The van der Waals surface area contributed by atoms with E-state index >= 15 is 0 Å². The summed E-state index contributed by atoms with van der Waals surface area (Å²) in [6.45, 7) is 0.729. The highest BCUT2D eigenvalue weighted by Gasteiger charge is 2.03. The Kier molecular flexibility index (Phi) is 11.7. The second-order valence-corrected chi connectivity index (χ2v) is 9.40. The van der Waals surface area contributed by atoms with E-state index in [0.717, 1.165) is 42.5 Å². The van der Waals surface area contributed by atoms with Crippen LogP contribution in [0.15, 0.2) is 84.9 Å². The van der Waals surface area contributed by atoms with Crippen molar-refractivity contribution in [2.45, 2.75) is 51.4 Å². The number of ether oxygens (including phenoxy) is 1. The fraction of sp³-hybridized carbons (Fsp3) is 0.323. The quantitative estimate of drug-likeness (QED) is 0.0871. The first-order valence-corrected chi connectivity index (χ1v) is 13.5. The number of allylic oxidation sites excluding steroid dienone is 1. The lowest BCUT2D eigenvalue weighted by Crippen LogP contribution is -1.99. The van der Waals surface area contributed by atoms with E-state index in [-0.39, 0.29) is 5.78 Å². The van der Waals surface area contributed by atoms with Crippen LogP contribution in [0.2, 0.25) is 0 Å². The largest absolute Gasteiger partial charge is 0.494 e. The lowest BCUT2D eigenvalue weighted by atomic mass is 10.0. The molecule has 0 heterocycles. The maximum atomic E-state index is 12.5. The molecule has 3 aromatic rings. The van der Waals surface area contributed by atoms with E-state index in [1.54, 1.807) is 6.08 Å². The van der Waals surface area contributed by atoms with Crippen LogP contribution in [0.4, 0.5) is 0 Å². The number of carbonyl (C=O) groups excluding carboxylic acids is 1. The molecule has 0 aliphatic rings. The smallest absolute Gasteiger partial charge is 0.185 e. The molecule has 3 heteroatoms. The van der Waals surface area contributed by atoms with Crippen molar-refractivity contribution >= 4 is 27.8 Å². The number of ketones is 1. The summed E-state index contributed by atoms with van der Waals surface area (Å²) >= 11 is 3.47. The number of unbranched alkanes of at least 4 members (excludes halogenated alkanes) is 5. The van der Waals surface area contributed by atoms with Gasteiger partial charge in [0.05, 0.1) is 6.61 Å². The van der Waals surface area contributed by atoms with Crippen LogP contribution in [0.3, 0.4) is 0 Å². The van der Waals surface area contributed by atoms with Gasteiger partial charge >= 0.3 is 0 Å². The molecular weight excluding hydrogens is 484 g/mol. The molecular formula is C31H35BrO2.